The van der Waals surface area contributed by atoms with Gasteiger partial charge in [0.05, 0.1) is 11.9 Å². The van der Waals surface area contributed by atoms with Crippen LogP contribution in [0.1, 0.15) is 37.8 Å². The van der Waals surface area contributed by atoms with Crippen LogP contribution >= 0.6 is 0 Å². The van der Waals surface area contributed by atoms with E-state index in [1.54, 1.807) is 18.2 Å². The Bertz CT molecular complexity index is 1510. The number of ketones is 1. The molecule has 0 saturated heterocycles. The van der Waals surface area contributed by atoms with Crippen LogP contribution in [0.3, 0.4) is 0 Å². The van der Waals surface area contributed by atoms with Crippen molar-refractivity contribution in [3.05, 3.63) is 59.2 Å². The van der Waals surface area contributed by atoms with Crippen LogP contribution < -0.4 is 10.0 Å². The summed E-state index contributed by atoms with van der Waals surface area (Å²) in [4.78, 5) is 13.3. The Hall–Kier alpha value is -3.22. The zero-order chi connectivity index (χ0) is 25.8. The predicted octanol–water partition coefficient (Wildman–Crippen LogP) is 2.75. The Balaban J connectivity index is 1.84. The van der Waals surface area contributed by atoms with Crippen molar-refractivity contribution in [3.8, 4) is 0 Å². The highest BCUT2D eigenvalue weighted by atomic mass is 32.2. The van der Waals surface area contributed by atoms with E-state index in [1.807, 2.05) is 13.8 Å². The van der Waals surface area contributed by atoms with E-state index < -0.39 is 48.6 Å². The van der Waals surface area contributed by atoms with Crippen LogP contribution in [0.25, 0.3) is 5.76 Å². The summed E-state index contributed by atoms with van der Waals surface area (Å²) < 4.78 is 54.9. The molecule has 0 amide bonds. The standard InChI is InChI=1S/C23H25N3O7S2/c1-13(2)10-11-23(29)16-7-5-4-6-15(16)20(27)19(21(23)28)22-24-17-9-8-14(25-34(3,30)31)12-18(17)35(32,33)26-22/h4-9,12-13,25,27,29H,10-11H2,1-3H3,(H,24,26). The van der Waals surface area contributed by atoms with Crippen LogP contribution in [0.4, 0.5) is 11.4 Å². The lowest BCUT2D eigenvalue weighted by Crippen LogP contribution is -2.44. The number of carbonyl (C=O) groups is 1. The Morgan fingerprint density at radius 3 is 2.51 bits per heavy atom. The molecular weight excluding hydrogens is 494 g/mol. The van der Waals surface area contributed by atoms with Crippen molar-refractivity contribution in [2.45, 2.75) is 37.2 Å². The second kappa shape index (κ2) is 8.47. The molecule has 1 unspecified atom stereocenters. The largest absolute Gasteiger partial charge is 0.506 e. The third-order valence-corrected chi connectivity index (χ3v) is 7.74. The number of carbonyl (C=O) groups excluding carboxylic acids is 1. The van der Waals surface area contributed by atoms with E-state index in [1.165, 1.54) is 18.2 Å². The quantitative estimate of drug-likeness (QED) is 0.453. The molecular formula is C23H25N3O7S2. The van der Waals surface area contributed by atoms with Gasteiger partial charge in [-0.1, -0.05) is 38.1 Å². The Morgan fingerprint density at radius 1 is 1.17 bits per heavy atom. The molecule has 1 aliphatic carbocycles. The molecule has 0 bridgehead atoms. The van der Waals surface area contributed by atoms with Gasteiger partial charge in [-0.2, -0.15) is 8.42 Å². The molecule has 0 spiro atoms. The van der Waals surface area contributed by atoms with Gasteiger partial charge in [0.2, 0.25) is 15.8 Å². The van der Waals surface area contributed by atoms with E-state index in [-0.39, 0.29) is 39.7 Å². The molecule has 0 fully saturated rings. The fraction of sp³-hybridized carbons (Fsp3) is 0.304. The lowest BCUT2D eigenvalue weighted by atomic mass is 9.74. The lowest BCUT2D eigenvalue weighted by Gasteiger charge is -2.35. The van der Waals surface area contributed by atoms with Crippen molar-refractivity contribution < 1.29 is 31.8 Å². The molecule has 1 heterocycles. The van der Waals surface area contributed by atoms with Crippen LogP contribution in [-0.2, 0) is 30.4 Å². The summed E-state index contributed by atoms with van der Waals surface area (Å²) in [7, 11) is -8.04. The molecule has 2 aromatic rings. The number of hydrogen-bond acceptors (Lipinski definition) is 8. The topological polar surface area (TPSA) is 162 Å². The molecule has 2 aliphatic rings. The summed E-state index contributed by atoms with van der Waals surface area (Å²) in [6, 6.07) is 10.1. The number of anilines is 2. The molecule has 12 heteroatoms. The maximum absolute atomic E-state index is 13.6. The third-order valence-electron chi connectivity index (χ3n) is 5.81. The van der Waals surface area contributed by atoms with E-state index in [0.29, 0.717) is 6.42 Å². The first kappa shape index (κ1) is 24.9. The van der Waals surface area contributed by atoms with Crippen LogP contribution in [0, 0.1) is 5.92 Å². The first-order valence-corrected chi connectivity index (χ1v) is 14.1. The Morgan fingerprint density at radius 2 is 1.86 bits per heavy atom. The fourth-order valence-corrected chi connectivity index (χ4v) is 5.84. The van der Waals surface area contributed by atoms with Gasteiger partial charge in [-0.25, -0.2) is 8.42 Å². The van der Waals surface area contributed by atoms with Crippen LogP contribution in [-0.4, -0.2) is 44.9 Å². The maximum atomic E-state index is 13.6. The molecule has 1 aliphatic heterocycles. The zero-order valence-electron chi connectivity index (χ0n) is 19.2. The second-order valence-corrected chi connectivity index (χ2v) is 12.3. The van der Waals surface area contributed by atoms with Crippen molar-refractivity contribution in [2.24, 2.45) is 10.3 Å². The molecule has 10 nitrogen and oxygen atoms in total. The van der Waals surface area contributed by atoms with Gasteiger partial charge in [0.25, 0.3) is 10.0 Å². The van der Waals surface area contributed by atoms with Gasteiger partial charge in [0, 0.05) is 16.8 Å². The molecule has 0 aromatic heterocycles. The fourth-order valence-electron chi connectivity index (χ4n) is 4.13. The van der Waals surface area contributed by atoms with E-state index in [2.05, 4.69) is 14.4 Å². The van der Waals surface area contributed by atoms with Gasteiger partial charge >= 0.3 is 0 Å². The summed E-state index contributed by atoms with van der Waals surface area (Å²) in [5, 5.41) is 25.3. The van der Waals surface area contributed by atoms with Gasteiger partial charge in [-0.15, -0.1) is 4.40 Å². The number of Topliss-reactive ketones (excluding diaryl/α,β-unsaturated/α-hetero) is 1. The summed E-state index contributed by atoms with van der Waals surface area (Å²) in [5.41, 5.74) is -1.94. The molecule has 4 N–H and O–H groups in total. The predicted molar refractivity (Wildman–Crippen MR) is 132 cm³/mol. The van der Waals surface area contributed by atoms with E-state index in [0.717, 1.165) is 12.3 Å². The minimum Gasteiger partial charge on any atom is -0.506 e. The highest BCUT2D eigenvalue weighted by Crippen LogP contribution is 2.43. The van der Waals surface area contributed by atoms with Crippen molar-refractivity contribution >= 4 is 48.8 Å². The summed E-state index contributed by atoms with van der Waals surface area (Å²) in [5.74, 6) is -1.62. The average molecular weight is 520 g/mol. The molecule has 4 rings (SSSR count). The smallest absolute Gasteiger partial charge is 0.286 e. The Kier molecular flexibility index (Phi) is 6.02. The first-order chi connectivity index (χ1) is 16.2. The molecule has 2 aromatic carbocycles. The number of fused-ring (bicyclic) bond motifs is 2. The van der Waals surface area contributed by atoms with Gasteiger partial charge < -0.3 is 15.5 Å². The number of amidine groups is 1. The number of aliphatic hydroxyl groups excluding tert-OH is 1. The second-order valence-electron chi connectivity index (χ2n) is 9.02. The monoisotopic (exact) mass is 519 g/mol. The van der Waals surface area contributed by atoms with Crippen LogP contribution in [0.5, 0.6) is 0 Å². The molecule has 186 valence electrons. The first-order valence-electron chi connectivity index (χ1n) is 10.8. The SMILES string of the molecule is CC(C)CCC1(O)C(=O)C(C2=NS(=O)(=O)c3cc(NS(C)(=O)=O)ccc3N2)=C(O)c2ccccc21. The van der Waals surface area contributed by atoms with Crippen LogP contribution in [0.15, 0.2) is 57.3 Å². The average Bonchev–Trinajstić information content (AvgIpc) is 2.76. The molecule has 0 saturated carbocycles. The van der Waals surface area contributed by atoms with Gasteiger partial charge in [0.15, 0.2) is 11.4 Å². The number of benzene rings is 2. The lowest BCUT2D eigenvalue weighted by molar-refractivity contribution is -0.135. The number of aliphatic hydroxyl groups is 2. The summed E-state index contributed by atoms with van der Waals surface area (Å²) >= 11 is 0. The van der Waals surface area contributed by atoms with Crippen molar-refractivity contribution in [1.82, 2.24) is 0 Å². The summed E-state index contributed by atoms with van der Waals surface area (Å²) in [6.07, 6.45) is 1.49. The van der Waals surface area contributed by atoms with Gasteiger partial charge in [0.1, 0.15) is 16.2 Å². The Labute approximate surface area is 203 Å². The minimum atomic E-state index is -4.39. The number of nitrogens with zero attached hydrogens (tertiary/aromatic N) is 1. The van der Waals surface area contributed by atoms with Crippen molar-refractivity contribution in [1.29, 1.82) is 0 Å². The zero-order valence-corrected chi connectivity index (χ0v) is 20.9. The van der Waals surface area contributed by atoms with Crippen LogP contribution in [0.2, 0.25) is 0 Å². The molecule has 0 radical (unpaired) electrons. The third kappa shape index (κ3) is 4.56. The number of rotatable bonds is 6. The molecule has 1 atom stereocenters. The van der Waals surface area contributed by atoms with E-state index in [4.69, 9.17) is 0 Å². The van der Waals surface area contributed by atoms with Gasteiger partial charge in [-0.05, 0) is 37.0 Å². The van der Waals surface area contributed by atoms with Gasteiger partial charge in [-0.3, -0.25) is 9.52 Å². The minimum absolute atomic E-state index is 0.0167. The highest BCUT2D eigenvalue weighted by molar-refractivity contribution is 7.92. The van der Waals surface area contributed by atoms with Crippen molar-refractivity contribution in [2.75, 3.05) is 16.3 Å². The highest BCUT2D eigenvalue weighted by Gasteiger charge is 2.48. The summed E-state index contributed by atoms with van der Waals surface area (Å²) in [6.45, 7) is 3.89. The maximum Gasteiger partial charge on any atom is 0.286 e. The normalized spacial score (nSPS) is 21.2. The van der Waals surface area contributed by atoms with Crippen molar-refractivity contribution in [3.63, 3.8) is 0 Å². The van der Waals surface area contributed by atoms with E-state index in [9.17, 15) is 31.8 Å². The number of nitrogens with one attached hydrogen (secondary N) is 2. The molecule has 35 heavy (non-hydrogen) atoms. The van der Waals surface area contributed by atoms with E-state index >= 15 is 0 Å². The number of sulfonamides is 2. The number of hydrogen-bond donors (Lipinski definition) is 4.